The van der Waals surface area contributed by atoms with Crippen molar-refractivity contribution in [3.05, 3.63) is 71.0 Å². The molecule has 6 nitrogen and oxygen atoms in total. The highest BCUT2D eigenvalue weighted by molar-refractivity contribution is 7.80. The topological polar surface area (TPSA) is 47.9 Å². The van der Waals surface area contributed by atoms with Crippen LogP contribution in [0.15, 0.2) is 54.7 Å². The van der Waals surface area contributed by atoms with Crippen molar-refractivity contribution in [3.63, 3.8) is 0 Å². The van der Waals surface area contributed by atoms with Crippen LogP contribution in [-0.2, 0) is 6.54 Å². The highest BCUT2D eigenvalue weighted by Crippen LogP contribution is 2.43. The van der Waals surface area contributed by atoms with E-state index in [0.29, 0.717) is 27.4 Å². The number of fused-ring (bicyclic) bond motifs is 1. The van der Waals surface area contributed by atoms with Gasteiger partial charge in [0, 0.05) is 35.7 Å². The van der Waals surface area contributed by atoms with Gasteiger partial charge in [-0.2, -0.15) is 0 Å². The molecule has 0 fully saturated rings. The van der Waals surface area contributed by atoms with Gasteiger partial charge < -0.3 is 29.0 Å². The van der Waals surface area contributed by atoms with Gasteiger partial charge in [-0.1, -0.05) is 11.6 Å². The molecule has 8 heteroatoms. The normalized spacial score (nSPS) is 15.2. The maximum Gasteiger partial charge on any atom is 0.203 e. The number of thiocarbonyl (C=S) groups is 1. The van der Waals surface area contributed by atoms with Crippen LogP contribution in [-0.4, -0.2) is 42.5 Å². The Kier molecular flexibility index (Phi) is 6.25. The Labute approximate surface area is 192 Å². The van der Waals surface area contributed by atoms with Crippen molar-refractivity contribution < 1.29 is 14.2 Å². The van der Waals surface area contributed by atoms with Gasteiger partial charge in [0.15, 0.2) is 16.6 Å². The van der Waals surface area contributed by atoms with Crippen LogP contribution in [0, 0.1) is 0 Å². The zero-order valence-electron chi connectivity index (χ0n) is 17.6. The fraction of sp³-hybridized carbons (Fsp3) is 0.261. The number of halogens is 1. The highest BCUT2D eigenvalue weighted by Gasteiger charge is 2.32. The summed E-state index contributed by atoms with van der Waals surface area (Å²) in [6.45, 7) is 1.59. The Hall–Kier alpha value is -2.90. The van der Waals surface area contributed by atoms with E-state index in [-0.39, 0.29) is 6.04 Å². The molecule has 2 heterocycles. The maximum atomic E-state index is 6.02. The molecule has 0 aliphatic carbocycles. The first kappa shape index (κ1) is 21.3. The van der Waals surface area contributed by atoms with Gasteiger partial charge in [-0.05, 0) is 66.3 Å². The Morgan fingerprint density at radius 1 is 1.00 bits per heavy atom. The zero-order valence-corrected chi connectivity index (χ0v) is 19.2. The van der Waals surface area contributed by atoms with Crippen LogP contribution in [0.25, 0.3) is 0 Å². The van der Waals surface area contributed by atoms with Crippen LogP contribution in [0.3, 0.4) is 0 Å². The lowest BCUT2D eigenvalue weighted by atomic mass is 9.99. The van der Waals surface area contributed by atoms with E-state index in [1.54, 1.807) is 21.3 Å². The van der Waals surface area contributed by atoms with E-state index in [9.17, 15) is 0 Å². The minimum absolute atomic E-state index is 0.121. The van der Waals surface area contributed by atoms with E-state index >= 15 is 0 Å². The number of nitrogens with one attached hydrogen (secondary N) is 1. The first-order valence-corrected chi connectivity index (χ1v) is 10.6. The number of benzene rings is 2. The summed E-state index contributed by atoms with van der Waals surface area (Å²) in [5.41, 5.74) is 3.02. The van der Waals surface area contributed by atoms with Crippen LogP contribution >= 0.6 is 23.8 Å². The van der Waals surface area contributed by atoms with Crippen molar-refractivity contribution in [3.8, 4) is 17.2 Å². The standard InChI is InChI=1S/C23H24ClN3O3S/c1-28-19-13-15(14-20(29-2)22(19)30-3)21-18-5-4-10-26(18)11-12-27(21)23(31)25-17-8-6-16(24)7-9-17/h4-10,13-14,21H,11-12H2,1-3H3,(H,25,31)/t21-/m1/s1. The smallest absolute Gasteiger partial charge is 0.203 e. The summed E-state index contributed by atoms with van der Waals surface area (Å²) in [4.78, 5) is 2.18. The van der Waals surface area contributed by atoms with Crippen LogP contribution in [0.5, 0.6) is 17.2 Å². The number of hydrogen-bond donors (Lipinski definition) is 1. The molecule has 0 unspecified atom stereocenters. The molecule has 3 aromatic rings. The van der Waals surface area contributed by atoms with Gasteiger partial charge >= 0.3 is 0 Å². The summed E-state index contributed by atoms with van der Waals surface area (Å²) in [6.07, 6.45) is 2.09. The highest BCUT2D eigenvalue weighted by atomic mass is 35.5. The van der Waals surface area contributed by atoms with Crippen LogP contribution in [0.2, 0.25) is 5.02 Å². The van der Waals surface area contributed by atoms with Gasteiger partial charge in [-0.3, -0.25) is 0 Å². The van der Waals surface area contributed by atoms with Crippen molar-refractivity contribution in [2.45, 2.75) is 12.6 Å². The Balaban J connectivity index is 1.75. The van der Waals surface area contributed by atoms with Gasteiger partial charge in [0.25, 0.3) is 0 Å². The second kappa shape index (κ2) is 9.08. The molecule has 1 atom stereocenters. The molecule has 1 aliphatic rings. The molecule has 1 aromatic heterocycles. The molecule has 31 heavy (non-hydrogen) atoms. The molecule has 1 aliphatic heterocycles. The number of anilines is 1. The Morgan fingerprint density at radius 2 is 1.68 bits per heavy atom. The van der Waals surface area contributed by atoms with Gasteiger partial charge in [0.1, 0.15) is 0 Å². The first-order valence-electron chi connectivity index (χ1n) is 9.84. The molecule has 0 spiro atoms. The summed E-state index contributed by atoms with van der Waals surface area (Å²) in [5, 5.41) is 4.66. The van der Waals surface area contributed by atoms with E-state index in [1.807, 2.05) is 36.4 Å². The average molecular weight is 458 g/mol. The molecule has 2 aromatic carbocycles. The van der Waals surface area contributed by atoms with Crippen LogP contribution in [0.4, 0.5) is 5.69 Å². The third kappa shape index (κ3) is 4.16. The second-order valence-electron chi connectivity index (χ2n) is 7.12. The molecule has 0 radical (unpaired) electrons. The summed E-state index contributed by atoms with van der Waals surface area (Å²) in [7, 11) is 4.84. The maximum absolute atomic E-state index is 6.02. The Bertz CT molecular complexity index is 1060. The molecule has 4 rings (SSSR count). The van der Waals surface area contributed by atoms with E-state index in [2.05, 4.69) is 33.1 Å². The average Bonchev–Trinajstić information content (AvgIpc) is 3.27. The van der Waals surface area contributed by atoms with Crippen molar-refractivity contribution in [1.82, 2.24) is 9.47 Å². The third-order valence-corrected chi connectivity index (χ3v) is 5.99. The molecule has 1 N–H and O–H groups in total. The lowest BCUT2D eigenvalue weighted by Gasteiger charge is -2.39. The number of ether oxygens (including phenoxy) is 3. The van der Waals surface area contributed by atoms with Gasteiger partial charge in [0.05, 0.1) is 27.4 Å². The number of nitrogens with zero attached hydrogens (tertiary/aromatic N) is 2. The predicted octanol–water partition coefficient (Wildman–Crippen LogP) is 4.97. The number of aromatic nitrogens is 1. The molecular formula is C23H24ClN3O3S. The summed E-state index contributed by atoms with van der Waals surface area (Å²) >= 11 is 11.8. The minimum atomic E-state index is -0.121. The van der Waals surface area contributed by atoms with Gasteiger partial charge in [-0.25, -0.2) is 0 Å². The fourth-order valence-corrected chi connectivity index (χ4v) is 4.38. The fourth-order valence-electron chi connectivity index (χ4n) is 3.94. The molecular weight excluding hydrogens is 434 g/mol. The molecule has 0 bridgehead atoms. The van der Waals surface area contributed by atoms with E-state index in [4.69, 9.17) is 38.0 Å². The van der Waals surface area contributed by atoms with Crippen molar-refractivity contribution in [1.29, 1.82) is 0 Å². The summed E-state index contributed by atoms with van der Waals surface area (Å²) in [6, 6.07) is 15.5. The summed E-state index contributed by atoms with van der Waals surface area (Å²) < 4.78 is 18.9. The van der Waals surface area contributed by atoms with Gasteiger partial charge in [-0.15, -0.1) is 0 Å². The number of hydrogen-bond acceptors (Lipinski definition) is 4. The first-order chi connectivity index (χ1) is 15.0. The number of rotatable bonds is 5. The summed E-state index contributed by atoms with van der Waals surface area (Å²) in [5.74, 6) is 1.78. The lowest BCUT2D eigenvalue weighted by molar-refractivity contribution is 0.288. The zero-order chi connectivity index (χ0) is 22.0. The predicted molar refractivity (Wildman–Crippen MR) is 127 cm³/mol. The minimum Gasteiger partial charge on any atom is -0.493 e. The van der Waals surface area contributed by atoms with E-state index in [0.717, 1.165) is 30.0 Å². The quantitative estimate of drug-likeness (QED) is 0.546. The SMILES string of the molecule is COc1cc([C@@H]2c3cccn3CCN2C(=S)Nc2ccc(Cl)cc2)cc(OC)c1OC. The Morgan fingerprint density at radius 3 is 2.29 bits per heavy atom. The second-order valence-corrected chi connectivity index (χ2v) is 7.94. The van der Waals surface area contributed by atoms with Gasteiger partial charge in [0.2, 0.25) is 5.75 Å². The monoisotopic (exact) mass is 457 g/mol. The van der Waals surface area contributed by atoms with Crippen molar-refractivity contribution in [2.75, 3.05) is 33.2 Å². The van der Waals surface area contributed by atoms with Crippen LogP contribution in [0.1, 0.15) is 17.3 Å². The third-order valence-electron chi connectivity index (χ3n) is 5.40. The lowest BCUT2D eigenvalue weighted by Crippen LogP contribution is -2.44. The largest absolute Gasteiger partial charge is 0.493 e. The van der Waals surface area contributed by atoms with Crippen molar-refractivity contribution in [2.24, 2.45) is 0 Å². The molecule has 162 valence electrons. The molecule has 0 saturated carbocycles. The van der Waals surface area contributed by atoms with E-state index < -0.39 is 0 Å². The number of methoxy groups -OCH3 is 3. The van der Waals surface area contributed by atoms with Crippen LogP contribution < -0.4 is 19.5 Å². The van der Waals surface area contributed by atoms with Crippen molar-refractivity contribution >= 4 is 34.6 Å². The molecule has 0 amide bonds. The van der Waals surface area contributed by atoms with E-state index in [1.165, 1.54) is 0 Å². The molecule has 0 saturated heterocycles.